The van der Waals surface area contributed by atoms with Gasteiger partial charge in [-0.1, -0.05) is 24.3 Å². The first-order chi connectivity index (χ1) is 12.5. The second-order valence-corrected chi connectivity index (χ2v) is 6.54. The zero-order valence-electron chi connectivity index (χ0n) is 14.8. The van der Waals surface area contributed by atoms with Crippen LogP contribution in [0.5, 0.6) is 0 Å². The van der Waals surface area contributed by atoms with Gasteiger partial charge >= 0.3 is 0 Å². The lowest BCUT2D eigenvalue weighted by molar-refractivity contribution is -0.118. The average molecular weight is 429 g/mol. The summed E-state index contributed by atoms with van der Waals surface area (Å²) in [6, 6.07) is 14.4. The second-order valence-electron chi connectivity index (χ2n) is 6.54. The number of halogens is 4. The number of anilines is 1. The van der Waals surface area contributed by atoms with E-state index in [9.17, 15) is 13.6 Å². The summed E-state index contributed by atoms with van der Waals surface area (Å²) < 4.78 is 28.4. The number of amides is 1. The molecule has 0 aliphatic carbocycles. The molecule has 2 heterocycles. The summed E-state index contributed by atoms with van der Waals surface area (Å²) >= 11 is 0. The fourth-order valence-corrected chi connectivity index (χ4v) is 3.16. The summed E-state index contributed by atoms with van der Waals surface area (Å²) in [5.74, 6) is -3.25. The van der Waals surface area contributed by atoms with Gasteiger partial charge < -0.3 is 9.88 Å². The highest BCUT2D eigenvalue weighted by atomic mass is 35.5. The van der Waals surface area contributed by atoms with Gasteiger partial charge in [0, 0.05) is 18.7 Å². The molecule has 1 aliphatic rings. The first-order valence-electron chi connectivity index (χ1n) is 8.41. The molecule has 2 aromatic carbocycles. The molecule has 4 rings (SSSR count). The predicted molar refractivity (Wildman–Crippen MR) is 110 cm³/mol. The van der Waals surface area contributed by atoms with Crippen LogP contribution in [0.2, 0.25) is 0 Å². The van der Waals surface area contributed by atoms with E-state index < -0.39 is 30.8 Å². The maximum absolute atomic E-state index is 13.2. The molecule has 28 heavy (non-hydrogen) atoms. The molecule has 1 aliphatic heterocycles. The van der Waals surface area contributed by atoms with E-state index in [0.717, 1.165) is 16.6 Å². The molecule has 1 unspecified atom stereocenters. The highest BCUT2D eigenvalue weighted by Gasteiger charge is 2.42. The summed E-state index contributed by atoms with van der Waals surface area (Å²) in [7, 11) is 0. The highest BCUT2D eigenvalue weighted by molar-refractivity contribution is 5.95. The summed E-state index contributed by atoms with van der Waals surface area (Å²) in [6.45, 7) is 0.202. The average Bonchev–Trinajstić information content (AvgIpc) is 3.20. The van der Waals surface area contributed by atoms with Crippen LogP contribution in [-0.4, -0.2) is 34.0 Å². The largest absolute Gasteiger partial charge is 0.326 e. The van der Waals surface area contributed by atoms with Crippen LogP contribution >= 0.6 is 24.8 Å². The SMILES string of the molecule is Cl.Cl.O=C(Nc1ccc(Cn2cnc3ccccc32)cc1)C1CC(F)(F)CN1. The van der Waals surface area contributed by atoms with Gasteiger partial charge in [-0.2, -0.15) is 0 Å². The maximum atomic E-state index is 13.2. The fraction of sp³-hybridized carbons (Fsp3) is 0.263. The van der Waals surface area contributed by atoms with Gasteiger partial charge in [-0.25, -0.2) is 13.8 Å². The Morgan fingerprint density at radius 1 is 1.18 bits per heavy atom. The van der Waals surface area contributed by atoms with Gasteiger partial charge in [0.15, 0.2) is 0 Å². The number of alkyl halides is 2. The Kier molecular flexibility index (Phi) is 6.98. The van der Waals surface area contributed by atoms with Gasteiger partial charge in [-0.05, 0) is 29.8 Å². The van der Waals surface area contributed by atoms with E-state index in [1.54, 1.807) is 18.5 Å². The molecule has 1 aromatic heterocycles. The van der Waals surface area contributed by atoms with Gasteiger partial charge in [-0.15, -0.1) is 24.8 Å². The molecule has 0 spiro atoms. The van der Waals surface area contributed by atoms with E-state index in [-0.39, 0.29) is 24.8 Å². The van der Waals surface area contributed by atoms with Crippen molar-refractivity contribution < 1.29 is 13.6 Å². The van der Waals surface area contributed by atoms with Crippen LogP contribution in [0.25, 0.3) is 11.0 Å². The Balaban J connectivity index is 0.00000140. The number of fused-ring (bicyclic) bond motifs is 1. The van der Waals surface area contributed by atoms with E-state index in [1.807, 2.05) is 41.0 Å². The summed E-state index contributed by atoms with van der Waals surface area (Å²) in [5, 5.41) is 5.24. The standard InChI is InChI=1S/C19H18F2N4O.2ClH/c20-19(21)9-16(22-11-19)18(26)24-14-7-5-13(6-8-14)10-25-12-23-15-3-1-2-4-17(15)25;;/h1-8,12,16,22H,9-11H2,(H,24,26);2*1H. The first-order valence-corrected chi connectivity index (χ1v) is 8.41. The van der Waals surface area contributed by atoms with E-state index in [4.69, 9.17) is 0 Å². The Morgan fingerprint density at radius 3 is 2.57 bits per heavy atom. The topological polar surface area (TPSA) is 59.0 Å². The molecule has 5 nitrogen and oxygen atoms in total. The van der Waals surface area contributed by atoms with E-state index >= 15 is 0 Å². The molecule has 1 amide bonds. The van der Waals surface area contributed by atoms with Crippen LogP contribution in [0.3, 0.4) is 0 Å². The lowest BCUT2D eigenvalue weighted by Gasteiger charge is -2.12. The molecule has 9 heteroatoms. The summed E-state index contributed by atoms with van der Waals surface area (Å²) in [6.07, 6.45) is 1.33. The lowest BCUT2D eigenvalue weighted by atomic mass is 10.1. The quantitative estimate of drug-likeness (QED) is 0.662. The number of imidazole rings is 1. The smallest absolute Gasteiger partial charge is 0.262 e. The molecule has 150 valence electrons. The van der Waals surface area contributed by atoms with Crippen LogP contribution < -0.4 is 10.6 Å². The first kappa shape index (κ1) is 22.1. The lowest BCUT2D eigenvalue weighted by Crippen LogP contribution is -2.35. The van der Waals surface area contributed by atoms with Crippen LogP contribution in [0, 0.1) is 0 Å². The normalized spacial score (nSPS) is 17.6. The summed E-state index contributed by atoms with van der Waals surface area (Å²) in [4.78, 5) is 16.4. The number of carbonyl (C=O) groups is 1. The third-order valence-corrected chi connectivity index (χ3v) is 4.53. The molecule has 1 atom stereocenters. The van der Waals surface area contributed by atoms with E-state index in [1.165, 1.54) is 0 Å². The van der Waals surface area contributed by atoms with Crippen molar-refractivity contribution in [3.63, 3.8) is 0 Å². The van der Waals surface area contributed by atoms with Crippen LogP contribution in [0.1, 0.15) is 12.0 Å². The van der Waals surface area contributed by atoms with E-state index in [2.05, 4.69) is 15.6 Å². The van der Waals surface area contributed by atoms with Crippen LogP contribution in [0.15, 0.2) is 54.9 Å². The minimum Gasteiger partial charge on any atom is -0.326 e. The molecule has 0 bridgehead atoms. The fourth-order valence-electron chi connectivity index (χ4n) is 3.16. The van der Waals surface area contributed by atoms with Crippen molar-refractivity contribution in [3.05, 3.63) is 60.4 Å². The predicted octanol–water partition coefficient (Wildman–Crippen LogP) is 3.86. The van der Waals surface area contributed by atoms with Crippen LogP contribution in [0.4, 0.5) is 14.5 Å². The van der Waals surface area contributed by atoms with Gasteiger partial charge in [-0.3, -0.25) is 10.1 Å². The van der Waals surface area contributed by atoms with Gasteiger partial charge in [0.25, 0.3) is 5.92 Å². The molecule has 1 saturated heterocycles. The number of hydrogen-bond acceptors (Lipinski definition) is 3. The van der Waals surface area contributed by atoms with Gasteiger partial charge in [0.1, 0.15) is 0 Å². The number of rotatable bonds is 4. The number of benzene rings is 2. The maximum Gasteiger partial charge on any atom is 0.262 e. The van der Waals surface area contributed by atoms with Crippen molar-refractivity contribution in [1.82, 2.24) is 14.9 Å². The van der Waals surface area contributed by atoms with Gasteiger partial charge in [0.05, 0.1) is 29.9 Å². The third-order valence-electron chi connectivity index (χ3n) is 4.53. The number of carbonyl (C=O) groups excluding carboxylic acids is 1. The Morgan fingerprint density at radius 2 is 1.89 bits per heavy atom. The number of hydrogen-bond donors (Lipinski definition) is 2. The van der Waals surface area contributed by atoms with Gasteiger partial charge in [0.2, 0.25) is 5.91 Å². The van der Waals surface area contributed by atoms with Crippen molar-refractivity contribution in [1.29, 1.82) is 0 Å². The number of nitrogens with zero attached hydrogens (tertiary/aromatic N) is 2. The molecule has 1 fully saturated rings. The number of aromatic nitrogens is 2. The molecule has 2 N–H and O–H groups in total. The molecular formula is C19H20Cl2F2N4O. The van der Waals surface area contributed by atoms with Crippen molar-refractivity contribution in [2.24, 2.45) is 0 Å². The number of para-hydroxylation sites is 2. The zero-order chi connectivity index (χ0) is 18.1. The molecule has 3 aromatic rings. The Labute approximate surface area is 173 Å². The molecule has 0 saturated carbocycles. The molecular weight excluding hydrogens is 409 g/mol. The molecule has 0 radical (unpaired) electrons. The second kappa shape index (κ2) is 8.86. The van der Waals surface area contributed by atoms with E-state index in [0.29, 0.717) is 12.2 Å². The zero-order valence-corrected chi connectivity index (χ0v) is 16.4. The van der Waals surface area contributed by atoms with Crippen molar-refractivity contribution in [3.8, 4) is 0 Å². The van der Waals surface area contributed by atoms with Crippen molar-refractivity contribution in [2.45, 2.75) is 24.9 Å². The van der Waals surface area contributed by atoms with Crippen molar-refractivity contribution >= 4 is 47.4 Å². The number of nitrogens with one attached hydrogen (secondary N) is 2. The van der Waals surface area contributed by atoms with Crippen molar-refractivity contribution in [2.75, 3.05) is 11.9 Å². The highest BCUT2D eigenvalue weighted by Crippen LogP contribution is 2.25. The minimum atomic E-state index is -2.82. The Hall–Kier alpha value is -2.22. The van der Waals surface area contributed by atoms with Crippen LogP contribution in [-0.2, 0) is 11.3 Å². The summed E-state index contributed by atoms with van der Waals surface area (Å²) in [5.41, 5.74) is 3.64. The third kappa shape index (κ3) is 4.79. The monoisotopic (exact) mass is 428 g/mol. The Bertz CT molecular complexity index is 947. The minimum absolute atomic E-state index is 0.